The van der Waals surface area contributed by atoms with Gasteiger partial charge in [-0.2, -0.15) is 15.1 Å². The number of para-hydroxylation sites is 1. The number of benzene rings is 1. The van der Waals surface area contributed by atoms with Gasteiger partial charge in [-0.25, -0.2) is 9.55 Å². The van der Waals surface area contributed by atoms with Crippen molar-refractivity contribution in [1.82, 2.24) is 24.6 Å². The number of nitrogens with one attached hydrogen (secondary N) is 1. The first-order chi connectivity index (χ1) is 18.0. The third kappa shape index (κ3) is 6.60. The summed E-state index contributed by atoms with van der Waals surface area (Å²) in [6.45, 7) is 4.98. The minimum absolute atomic E-state index is 0.0355. The fourth-order valence-electron chi connectivity index (χ4n) is 3.97. The van der Waals surface area contributed by atoms with Crippen molar-refractivity contribution in [1.29, 1.82) is 0 Å². The molecule has 0 aliphatic carbocycles. The molecule has 3 N–H and O–H groups in total. The molecule has 13 nitrogen and oxygen atoms in total. The first-order valence-electron chi connectivity index (χ1n) is 12.3. The smallest absolute Gasteiger partial charge is 0.459 e. The number of nitrogen functional groups attached to an aromatic ring is 1. The normalized spacial score (nSPS) is 19.8. The molecule has 14 heteroatoms. The molecule has 3 heterocycles. The molecule has 4 rings (SSSR count). The third-order valence-electron chi connectivity index (χ3n) is 5.70. The van der Waals surface area contributed by atoms with E-state index in [0.717, 1.165) is 0 Å². The molecule has 0 bridgehead atoms. The Morgan fingerprint density at radius 3 is 2.66 bits per heavy atom. The number of anilines is 2. The standard InChI is InChI=1S/C24H34N7O6P/c1-15(2)35-23(32)16(3)29-38(33,37-17-9-7-6-8-10-17)34-13-18-11-12-19(36-18)31-14-26-20-21(30(4)5)27-24(25)28-22(20)31/h6-10,14-16,18-19H,11-13H2,1-5H3,(H,29,33)(H2,25,27,28)/t16-,18+,19-,38-/m1/s1. The van der Waals surface area contributed by atoms with Crippen molar-refractivity contribution in [2.24, 2.45) is 0 Å². The molecule has 2 aromatic heterocycles. The van der Waals surface area contributed by atoms with Gasteiger partial charge in [-0.3, -0.25) is 13.9 Å². The highest BCUT2D eigenvalue weighted by Crippen LogP contribution is 2.46. The van der Waals surface area contributed by atoms with E-state index >= 15 is 0 Å². The summed E-state index contributed by atoms with van der Waals surface area (Å²) in [6.07, 6.45) is 1.83. The van der Waals surface area contributed by atoms with Gasteiger partial charge in [0.15, 0.2) is 17.0 Å². The minimum atomic E-state index is -3.98. The Morgan fingerprint density at radius 1 is 1.24 bits per heavy atom. The van der Waals surface area contributed by atoms with Gasteiger partial charge in [-0.1, -0.05) is 18.2 Å². The number of fused-ring (bicyclic) bond motifs is 1. The van der Waals surface area contributed by atoms with Gasteiger partial charge >= 0.3 is 13.7 Å². The van der Waals surface area contributed by atoms with E-state index in [0.29, 0.717) is 35.6 Å². The lowest BCUT2D eigenvalue weighted by Gasteiger charge is -2.24. The molecule has 4 atom stereocenters. The summed E-state index contributed by atoms with van der Waals surface area (Å²) in [5, 5.41) is 2.69. The van der Waals surface area contributed by atoms with Crippen molar-refractivity contribution >= 4 is 36.6 Å². The molecule has 0 spiro atoms. The molecule has 0 amide bonds. The average Bonchev–Trinajstić information content (AvgIpc) is 3.49. The zero-order chi connectivity index (χ0) is 27.4. The van der Waals surface area contributed by atoms with Crippen LogP contribution in [0.4, 0.5) is 11.8 Å². The Balaban J connectivity index is 1.46. The van der Waals surface area contributed by atoms with E-state index in [4.69, 9.17) is 24.3 Å². The molecule has 206 valence electrons. The summed E-state index contributed by atoms with van der Waals surface area (Å²) in [4.78, 5) is 27.3. The van der Waals surface area contributed by atoms with Crippen LogP contribution in [0.15, 0.2) is 36.7 Å². The van der Waals surface area contributed by atoms with Crippen molar-refractivity contribution < 1.29 is 27.9 Å². The van der Waals surface area contributed by atoms with Crippen molar-refractivity contribution in [3.05, 3.63) is 36.7 Å². The van der Waals surface area contributed by atoms with Crippen LogP contribution in [0.3, 0.4) is 0 Å². The molecule has 3 aromatic rings. The van der Waals surface area contributed by atoms with Crippen LogP contribution in [0.5, 0.6) is 5.75 Å². The van der Waals surface area contributed by atoms with Gasteiger partial charge in [0, 0.05) is 14.1 Å². The van der Waals surface area contributed by atoms with E-state index in [2.05, 4.69) is 20.0 Å². The second-order valence-corrected chi connectivity index (χ2v) is 11.1. The number of carbonyl (C=O) groups excluding carboxylic acids is 1. The lowest BCUT2D eigenvalue weighted by Crippen LogP contribution is -2.36. The Morgan fingerprint density at radius 2 is 1.97 bits per heavy atom. The monoisotopic (exact) mass is 547 g/mol. The van der Waals surface area contributed by atoms with Crippen LogP contribution < -0.4 is 20.2 Å². The highest BCUT2D eigenvalue weighted by molar-refractivity contribution is 7.52. The van der Waals surface area contributed by atoms with Crippen molar-refractivity contribution in [2.45, 2.75) is 58.1 Å². The number of aromatic nitrogens is 4. The van der Waals surface area contributed by atoms with Crippen LogP contribution in [0.2, 0.25) is 0 Å². The van der Waals surface area contributed by atoms with Crippen LogP contribution in [-0.4, -0.2) is 64.4 Å². The van der Waals surface area contributed by atoms with Gasteiger partial charge in [0.1, 0.15) is 18.0 Å². The summed E-state index contributed by atoms with van der Waals surface area (Å²) < 4.78 is 38.4. The number of nitrogens with two attached hydrogens (primary N) is 1. The molecule has 1 aliphatic rings. The van der Waals surface area contributed by atoms with E-state index in [1.165, 1.54) is 6.92 Å². The van der Waals surface area contributed by atoms with Crippen molar-refractivity contribution in [3.63, 3.8) is 0 Å². The number of imidazole rings is 1. The van der Waals surface area contributed by atoms with Crippen LogP contribution in [0.25, 0.3) is 11.2 Å². The number of ether oxygens (including phenoxy) is 2. The van der Waals surface area contributed by atoms with Crippen LogP contribution in [-0.2, 0) is 23.4 Å². The van der Waals surface area contributed by atoms with E-state index in [9.17, 15) is 9.36 Å². The maximum Gasteiger partial charge on any atom is 0.459 e. The lowest BCUT2D eigenvalue weighted by atomic mass is 10.2. The van der Waals surface area contributed by atoms with Gasteiger partial charge in [-0.05, 0) is 45.7 Å². The SMILES string of the molecule is CC(C)OC(=O)[C@@H](C)N[P@@](=O)(OC[C@@H]1CC[C@H](n2cnc3c(N(C)C)nc(N)nc32)O1)Oc1ccccc1. The summed E-state index contributed by atoms with van der Waals surface area (Å²) in [5.74, 6) is 0.509. The summed E-state index contributed by atoms with van der Waals surface area (Å²) >= 11 is 0. The minimum Gasteiger partial charge on any atom is -0.462 e. The van der Waals surface area contributed by atoms with Crippen molar-refractivity contribution in [2.75, 3.05) is 31.3 Å². The molecular weight excluding hydrogens is 513 g/mol. The van der Waals surface area contributed by atoms with E-state index in [1.54, 1.807) is 50.5 Å². The first kappa shape index (κ1) is 27.8. The maximum absolute atomic E-state index is 13.7. The number of rotatable bonds is 11. The van der Waals surface area contributed by atoms with E-state index < -0.39 is 25.9 Å². The van der Waals surface area contributed by atoms with Crippen LogP contribution >= 0.6 is 7.75 Å². The molecule has 1 fully saturated rings. The number of hydrogen-bond acceptors (Lipinski definition) is 11. The summed E-state index contributed by atoms with van der Waals surface area (Å²) in [7, 11) is -0.275. The number of nitrogens with zero attached hydrogens (tertiary/aromatic N) is 5. The number of esters is 1. The number of carbonyl (C=O) groups is 1. The lowest BCUT2D eigenvalue weighted by molar-refractivity contribution is -0.149. The largest absolute Gasteiger partial charge is 0.462 e. The fourth-order valence-corrected chi connectivity index (χ4v) is 5.49. The molecule has 0 unspecified atom stereocenters. The highest BCUT2D eigenvalue weighted by atomic mass is 31.2. The molecule has 0 saturated carbocycles. The summed E-state index contributed by atoms with van der Waals surface area (Å²) in [6, 6.07) is 7.66. The predicted octanol–water partition coefficient (Wildman–Crippen LogP) is 3.29. The van der Waals surface area contributed by atoms with Crippen LogP contribution in [0, 0.1) is 0 Å². The Hall–Kier alpha value is -3.25. The predicted molar refractivity (Wildman–Crippen MR) is 142 cm³/mol. The molecule has 1 saturated heterocycles. The van der Waals surface area contributed by atoms with Gasteiger partial charge in [0.2, 0.25) is 5.95 Å². The maximum atomic E-state index is 13.7. The highest BCUT2D eigenvalue weighted by Gasteiger charge is 2.36. The fraction of sp³-hybridized carbons (Fsp3) is 0.500. The van der Waals surface area contributed by atoms with Gasteiger partial charge in [-0.15, -0.1) is 0 Å². The Bertz CT molecular complexity index is 1300. The Kier molecular flexibility index (Phi) is 8.51. The van der Waals surface area contributed by atoms with Gasteiger partial charge in [0.25, 0.3) is 0 Å². The second kappa shape index (κ2) is 11.6. The quantitative estimate of drug-likeness (QED) is 0.267. The molecule has 0 radical (unpaired) electrons. The third-order valence-corrected chi connectivity index (χ3v) is 7.34. The Labute approximate surface area is 221 Å². The van der Waals surface area contributed by atoms with Crippen molar-refractivity contribution in [3.8, 4) is 5.75 Å². The average molecular weight is 548 g/mol. The first-order valence-corrected chi connectivity index (χ1v) is 13.9. The molecule has 1 aliphatic heterocycles. The topological polar surface area (TPSA) is 156 Å². The zero-order valence-corrected chi connectivity index (χ0v) is 23.0. The van der Waals surface area contributed by atoms with Gasteiger partial charge < -0.3 is 24.6 Å². The van der Waals surface area contributed by atoms with Gasteiger partial charge in [0.05, 0.1) is 25.1 Å². The molecule has 1 aromatic carbocycles. The van der Waals surface area contributed by atoms with Crippen LogP contribution in [0.1, 0.15) is 39.8 Å². The van der Waals surface area contributed by atoms with E-state index in [1.807, 2.05) is 23.6 Å². The molecular formula is C24H34N7O6P. The summed E-state index contributed by atoms with van der Waals surface area (Å²) in [5.41, 5.74) is 7.10. The zero-order valence-electron chi connectivity index (χ0n) is 22.1. The second-order valence-electron chi connectivity index (χ2n) is 9.45. The van der Waals surface area contributed by atoms with E-state index in [-0.39, 0.29) is 24.9 Å². The molecule has 38 heavy (non-hydrogen) atoms. The number of hydrogen-bond donors (Lipinski definition) is 2.